The minimum absolute atomic E-state index is 0. The zero-order valence-electron chi connectivity index (χ0n) is 71.5. The van der Waals surface area contributed by atoms with E-state index in [0.29, 0.717) is 0 Å². The first kappa shape index (κ1) is 126. The van der Waals surface area contributed by atoms with Crippen LogP contribution in [0.25, 0.3) is 0 Å². The van der Waals surface area contributed by atoms with E-state index >= 15 is 0 Å². The molecule has 0 heterocycles. The molecule has 6 aromatic carbocycles. The second-order valence-corrected chi connectivity index (χ2v) is 47.7. The van der Waals surface area contributed by atoms with E-state index < -0.39 is 62.5 Å². The Hall–Kier alpha value is -3.25. The van der Waals surface area contributed by atoms with E-state index in [9.17, 15) is 52.7 Å². The van der Waals surface area contributed by atoms with Crippen LogP contribution < -0.4 is 61.2 Å². The quantitative estimate of drug-likeness (QED) is 0.0180. The molecule has 680 valence electrons. The van der Waals surface area contributed by atoms with Gasteiger partial charge in [-0.1, -0.05) is 203 Å². The molecule has 0 aliphatic carbocycles. The van der Waals surface area contributed by atoms with E-state index in [1.165, 1.54) is 140 Å². The third-order valence-electron chi connectivity index (χ3n) is 16.1. The summed E-state index contributed by atoms with van der Waals surface area (Å²) in [6.07, 6.45) is 15.6. The Morgan fingerprint density at radius 3 is 0.322 bits per heavy atom. The van der Waals surface area contributed by atoms with Gasteiger partial charge in [-0.2, -0.15) is 52.7 Å². The molecular weight excluding hydrogens is 1930 g/mol. The van der Waals surface area contributed by atoms with Gasteiger partial charge in [0.05, 0.1) is 0 Å². The number of benzene rings is 6. The summed E-state index contributed by atoms with van der Waals surface area (Å²) in [6, 6.07) is 54.0. The monoisotopic (exact) mass is 2050 g/mol. The summed E-state index contributed by atoms with van der Waals surface area (Å²) in [5.74, 6) is 0. The zero-order chi connectivity index (χ0) is 91.3. The number of halogens is 12. The molecule has 6 rings (SSSR count). The van der Waals surface area contributed by atoms with Crippen molar-refractivity contribution in [2.75, 3.05) is 188 Å². The van der Waals surface area contributed by atoms with Crippen molar-refractivity contribution in [3.8, 4) is 0 Å². The fourth-order valence-electron chi connectivity index (χ4n) is 9.30. The SMILES string of the molecule is CCP(CC)c1ccc(N(C)C)cc1.CCP(CC)c1ccc(N(C)C)cc1.CCP(CC)c1ccc(N(C)C)cc1.CCP(CC)c1ccc(N(C)C)cc1.CCP(CC)c1ccc(N(C)C)cc1.CCP(CC)c1ccc(N(C)C)cc1.O=S(=O)([O-])C(F)(F)F.O=S(=O)([O-])C(F)(F)F.O=S(=O)([O-])C(F)(F)F.O=S(=O)([O-])C(F)(F)F.[Ru+2].[Ru+2]. The van der Waals surface area contributed by atoms with E-state index in [4.69, 9.17) is 51.9 Å². The van der Waals surface area contributed by atoms with Gasteiger partial charge in [0.1, 0.15) is 0 Å². The fraction of sp³-hybridized carbons (Fsp3) is 0.526. The molecule has 0 bridgehead atoms. The molecule has 0 saturated heterocycles. The fourth-order valence-corrected chi connectivity index (χ4v) is 19.8. The molecule has 0 spiro atoms. The first-order chi connectivity index (χ1) is 53.1. The van der Waals surface area contributed by atoms with E-state index in [1.54, 1.807) is 0 Å². The average Bonchev–Trinajstić information content (AvgIpc) is 0.900. The predicted molar refractivity (Wildman–Crippen MR) is 473 cm³/mol. The Morgan fingerprint density at radius 1 is 0.212 bits per heavy atom. The second-order valence-electron chi connectivity index (χ2n) is 25.1. The molecule has 0 N–H and O–H groups in total. The molecule has 0 amide bonds. The molecule has 0 aliphatic rings. The van der Waals surface area contributed by atoms with E-state index in [0.717, 1.165) is 0 Å². The summed E-state index contributed by atoms with van der Waals surface area (Å²) in [5.41, 5.74) is -14.9. The van der Waals surface area contributed by atoms with Crippen molar-refractivity contribution < 1.29 is 144 Å². The molecule has 0 aromatic heterocycles. The maximum atomic E-state index is 10.7. The third kappa shape index (κ3) is 51.9. The summed E-state index contributed by atoms with van der Waals surface area (Å²) >= 11 is 0. The maximum Gasteiger partial charge on any atom is 2.00 e. The van der Waals surface area contributed by atoms with Crippen LogP contribution in [0.5, 0.6) is 0 Å². The van der Waals surface area contributed by atoms with Crippen LogP contribution in [-0.2, 0) is 79.4 Å². The molecule has 0 saturated carbocycles. The minimum atomic E-state index is -6.09. The maximum absolute atomic E-state index is 10.7. The Balaban J connectivity index is -0.000000297. The predicted octanol–water partition coefficient (Wildman–Crippen LogP) is 17.6. The molecule has 118 heavy (non-hydrogen) atoms. The molecule has 0 aliphatic heterocycles. The van der Waals surface area contributed by atoms with Gasteiger partial charge in [0.2, 0.25) is 0 Å². The largest absolute Gasteiger partial charge is 2.00 e. The summed E-state index contributed by atoms with van der Waals surface area (Å²) in [6.45, 7) is 27.4. The van der Waals surface area contributed by atoms with Crippen LogP contribution in [0.3, 0.4) is 0 Å². The van der Waals surface area contributed by atoms with Crippen molar-refractivity contribution in [2.24, 2.45) is 0 Å². The van der Waals surface area contributed by atoms with Crippen LogP contribution in [0.1, 0.15) is 83.1 Å². The Labute approximate surface area is 730 Å². The molecule has 18 nitrogen and oxygen atoms in total. The van der Waals surface area contributed by atoms with Crippen molar-refractivity contribution in [3.63, 3.8) is 0 Å². The van der Waals surface area contributed by atoms with Gasteiger partial charge < -0.3 is 47.6 Å². The zero-order valence-corrected chi connectivity index (χ0v) is 83.6. The smallest absolute Gasteiger partial charge is 0.741 e. The minimum Gasteiger partial charge on any atom is -0.741 e. The summed E-state index contributed by atoms with van der Waals surface area (Å²) in [5, 5.41) is 9.23. The van der Waals surface area contributed by atoms with Crippen molar-refractivity contribution in [1.82, 2.24) is 0 Å². The van der Waals surface area contributed by atoms with Crippen LogP contribution in [0.4, 0.5) is 86.8 Å². The summed E-state index contributed by atoms with van der Waals surface area (Å²) in [4.78, 5) is 12.9. The number of alkyl halides is 12. The van der Waals surface area contributed by atoms with Gasteiger partial charge in [-0.3, -0.25) is 0 Å². The first-order valence-corrected chi connectivity index (χ1v) is 52.2. The molecule has 0 fully saturated rings. The van der Waals surface area contributed by atoms with Crippen LogP contribution in [0.2, 0.25) is 0 Å². The van der Waals surface area contributed by atoms with Crippen LogP contribution in [0, 0.1) is 0 Å². The molecule has 0 unspecified atom stereocenters. The number of hydrogen-bond acceptors (Lipinski definition) is 18. The normalized spacial score (nSPS) is 11.4. The molecule has 42 heteroatoms. The Bertz CT molecular complexity index is 3420. The number of anilines is 6. The molecule has 0 atom stereocenters. The van der Waals surface area contributed by atoms with Gasteiger partial charge in [-0.05, 0) is 179 Å². The number of rotatable bonds is 24. The Morgan fingerprint density at radius 2 is 0.280 bits per heavy atom. The summed E-state index contributed by atoms with van der Waals surface area (Å²) in [7, 11) is 1.20. The van der Waals surface area contributed by atoms with E-state index in [1.807, 2.05) is 0 Å². The molecule has 0 radical (unpaired) electrons. The second kappa shape index (κ2) is 62.0. The molecule has 6 aromatic rings. The third-order valence-corrected chi connectivity index (χ3v) is 33.7. The van der Waals surface area contributed by atoms with Crippen LogP contribution in [0.15, 0.2) is 146 Å². The first-order valence-electron chi connectivity index (χ1n) is 36.3. The average molecular weight is 2050 g/mol. The number of nitrogens with zero attached hydrogens (tertiary/aromatic N) is 6. The van der Waals surface area contributed by atoms with Crippen molar-refractivity contribution in [3.05, 3.63) is 146 Å². The van der Waals surface area contributed by atoms with Crippen molar-refractivity contribution in [2.45, 2.75) is 105 Å². The number of hydrogen-bond donors (Lipinski definition) is 0. The van der Waals surface area contributed by atoms with Gasteiger partial charge in [-0.15, -0.1) is 0 Å². The van der Waals surface area contributed by atoms with E-state index in [-0.39, 0.29) is 86.5 Å². The molecular formula is C76H120F12N6O12P6Ru2S4. The van der Waals surface area contributed by atoms with Gasteiger partial charge in [0.15, 0.2) is 40.5 Å². The standard InChI is InChI=1S/6C12H20NP.4CHF3O3S.2Ru/c6*1-5-14(6-2)12-9-7-11(8-10-12)13(3)4;4*2-1(3,4)8(5,6)7;;/h6*7-10H,5-6H2,1-4H3;4*(H,5,6,7);;/q;;;;;;;;;;2*+2/p-4. The Kier molecular flexibility index (Phi) is 65.9. The van der Waals surface area contributed by atoms with Crippen molar-refractivity contribution >= 4 is 154 Å². The van der Waals surface area contributed by atoms with Gasteiger partial charge in [0.25, 0.3) is 0 Å². The van der Waals surface area contributed by atoms with Crippen LogP contribution in [-0.4, -0.2) is 232 Å². The van der Waals surface area contributed by atoms with E-state index in [2.05, 4.69) is 343 Å². The topological polar surface area (TPSA) is 248 Å². The van der Waals surface area contributed by atoms with Crippen molar-refractivity contribution in [1.29, 1.82) is 0 Å². The van der Waals surface area contributed by atoms with Gasteiger partial charge in [-0.25, -0.2) is 33.7 Å². The van der Waals surface area contributed by atoms with Crippen LogP contribution >= 0.6 is 47.5 Å². The summed E-state index contributed by atoms with van der Waals surface area (Å²) < 4.78 is 236. The van der Waals surface area contributed by atoms with Gasteiger partial charge >= 0.3 is 61.0 Å². The van der Waals surface area contributed by atoms with Gasteiger partial charge in [0, 0.05) is 119 Å².